The zero-order valence-electron chi connectivity index (χ0n) is 8.37. The van der Waals surface area contributed by atoms with Crippen molar-refractivity contribution in [3.63, 3.8) is 0 Å². The molecule has 2 heteroatoms. The predicted octanol–water partition coefficient (Wildman–Crippen LogP) is 2.07. The molecule has 2 N–H and O–H groups in total. The fraction of sp³-hybridized carbons (Fsp3) is 1.00. The van der Waals surface area contributed by atoms with Gasteiger partial charge in [-0.2, -0.15) is 0 Å². The molecule has 0 aromatic carbocycles. The van der Waals surface area contributed by atoms with Crippen molar-refractivity contribution in [3.8, 4) is 0 Å². The van der Waals surface area contributed by atoms with E-state index in [2.05, 4.69) is 0 Å². The zero-order valence-corrected chi connectivity index (χ0v) is 8.37. The van der Waals surface area contributed by atoms with Gasteiger partial charge in [-0.3, -0.25) is 0 Å². The molecule has 2 aliphatic rings. The highest BCUT2D eigenvalue weighted by Crippen LogP contribution is 2.30. The molecule has 0 heterocycles. The van der Waals surface area contributed by atoms with Gasteiger partial charge < -0.3 is 10.5 Å². The lowest BCUT2D eigenvalue weighted by molar-refractivity contribution is 0.0417. The Hall–Kier alpha value is -0.0800. The lowest BCUT2D eigenvalue weighted by Gasteiger charge is -2.25. The van der Waals surface area contributed by atoms with Crippen LogP contribution in [0.15, 0.2) is 0 Å². The predicted molar refractivity (Wildman–Crippen MR) is 53.5 cm³/mol. The molecule has 2 saturated carbocycles. The summed E-state index contributed by atoms with van der Waals surface area (Å²) in [6, 6.07) is 0.411. The van der Waals surface area contributed by atoms with E-state index in [-0.39, 0.29) is 0 Å². The summed E-state index contributed by atoms with van der Waals surface area (Å²) in [6.07, 6.45) is 9.52. The van der Waals surface area contributed by atoms with Crippen LogP contribution in [0.1, 0.15) is 44.9 Å². The van der Waals surface area contributed by atoms with Crippen molar-refractivity contribution in [1.29, 1.82) is 0 Å². The maximum absolute atomic E-state index is 5.81. The molecule has 76 valence electrons. The summed E-state index contributed by atoms with van der Waals surface area (Å²) in [7, 11) is 0. The minimum atomic E-state index is 0.411. The summed E-state index contributed by atoms with van der Waals surface area (Å²) in [6.45, 7) is 0.974. The van der Waals surface area contributed by atoms with E-state index in [1.165, 1.54) is 32.1 Å². The quantitative estimate of drug-likeness (QED) is 0.724. The van der Waals surface area contributed by atoms with E-state index in [0.29, 0.717) is 12.1 Å². The van der Waals surface area contributed by atoms with Gasteiger partial charge >= 0.3 is 0 Å². The first kappa shape index (κ1) is 9.47. The van der Waals surface area contributed by atoms with Gasteiger partial charge in [0.1, 0.15) is 0 Å². The van der Waals surface area contributed by atoms with E-state index in [1.807, 2.05) is 0 Å². The summed E-state index contributed by atoms with van der Waals surface area (Å²) in [4.78, 5) is 0. The van der Waals surface area contributed by atoms with Crippen molar-refractivity contribution >= 4 is 0 Å². The van der Waals surface area contributed by atoms with Crippen molar-refractivity contribution in [1.82, 2.24) is 0 Å². The Kier molecular flexibility index (Phi) is 3.23. The van der Waals surface area contributed by atoms with Crippen LogP contribution in [0.2, 0.25) is 0 Å². The molecule has 2 fully saturated rings. The molecule has 0 bridgehead atoms. The van der Waals surface area contributed by atoms with Crippen molar-refractivity contribution in [2.75, 3.05) is 6.61 Å². The SMILES string of the molecule is NC1CCC(OCCC2CCC2)C1. The van der Waals surface area contributed by atoms with Crippen LogP contribution in [0, 0.1) is 5.92 Å². The topological polar surface area (TPSA) is 35.2 Å². The van der Waals surface area contributed by atoms with E-state index in [0.717, 1.165) is 25.4 Å². The molecule has 2 atom stereocenters. The number of nitrogens with two attached hydrogens (primary N) is 1. The molecule has 0 amide bonds. The lowest BCUT2D eigenvalue weighted by atomic mass is 9.83. The van der Waals surface area contributed by atoms with Crippen LogP contribution in [0.4, 0.5) is 0 Å². The number of hydrogen-bond acceptors (Lipinski definition) is 2. The van der Waals surface area contributed by atoms with Gasteiger partial charge in [0.25, 0.3) is 0 Å². The Morgan fingerprint density at radius 2 is 2.00 bits per heavy atom. The summed E-state index contributed by atoms with van der Waals surface area (Å²) < 4.78 is 5.80. The molecular formula is C11H21NO. The van der Waals surface area contributed by atoms with E-state index in [9.17, 15) is 0 Å². The van der Waals surface area contributed by atoms with Crippen LogP contribution in [-0.2, 0) is 4.74 Å². The van der Waals surface area contributed by atoms with Crippen molar-refractivity contribution in [2.24, 2.45) is 11.7 Å². The molecule has 2 rings (SSSR count). The van der Waals surface area contributed by atoms with Gasteiger partial charge in [0, 0.05) is 12.6 Å². The Labute approximate surface area is 80.8 Å². The third kappa shape index (κ3) is 2.68. The van der Waals surface area contributed by atoms with Gasteiger partial charge in [0.2, 0.25) is 0 Å². The molecule has 0 spiro atoms. The Morgan fingerprint density at radius 3 is 2.54 bits per heavy atom. The van der Waals surface area contributed by atoms with Crippen LogP contribution >= 0.6 is 0 Å². The van der Waals surface area contributed by atoms with Gasteiger partial charge in [-0.25, -0.2) is 0 Å². The van der Waals surface area contributed by atoms with Gasteiger partial charge in [-0.1, -0.05) is 19.3 Å². The average Bonchev–Trinajstić information content (AvgIpc) is 2.42. The Balaban J connectivity index is 1.52. The highest BCUT2D eigenvalue weighted by Gasteiger charge is 2.23. The largest absolute Gasteiger partial charge is 0.378 e. The minimum Gasteiger partial charge on any atom is -0.378 e. The number of rotatable bonds is 4. The van der Waals surface area contributed by atoms with Gasteiger partial charge in [0.05, 0.1) is 6.10 Å². The molecule has 2 unspecified atom stereocenters. The standard InChI is InChI=1S/C11H21NO/c12-10-4-5-11(8-10)13-7-6-9-2-1-3-9/h9-11H,1-8,12H2. The minimum absolute atomic E-state index is 0.411. The maximum Gasteiger partial charge on any atom is 0.0590 e. The first-order chi connectivity index (χ1) is 6.34. The summed E-state index contributed by atoms with van der Waals surface area (Å²) in [5, 5.41) is 0. The van der Waals surface area contributed by atoms with Crippen LogP contribution < -0.4 is 5.73 Å². The molecular weight excluding hydrogens is 162 g/mol. The van der Waals surface area contributed by atoms with E-state index < -0.39 is 0 Å². The third-order valence-corrected chi connectivity index (χ3v) is 3.53. The summed E-state index contributed by atoms with van der Waals surface area (Å²) >= 11 is 0. The first-order valence-electron chi connectivity index (χ1n) is 5.72. The fourth-order valence-electron chi connectivity index (χ4n) is 2.31. The van der Waals surface area contributed by atoms with Crippen molar-refractivity contribution in [3.05, 3.63) is 0 Å². The van der Waals surface area contributed by atoms with Crippen LogP contribution in [-0.4, -0.2) is 18.8 Å². The third-order valence-electron chi connectivity index (χ3n) is 3.53. The molecule has 0 radical (unpaired) electrons. The second-order valence-corrected chi connectivity index (χ2v) is 4.65. The second kappa shape index (κ2) is 4.43. The highest BCUT2D eigenvalue weighted by atomic mass is 16.5. The summed E-state index contributed by atoms with van der Waals surface area (Å²) in [5.41, 5.74) is 5.81. The molecule has 2 nitrogen and oxygen atoms in total. The smallest absolute Gasteiger partial charge is 0.0590 e. The maximum atomic E-state index is 5.81. The average molecular weight is 183 g/mol. The Morgan fingerprint density at radius 1 is 1.15 bits per heavy atom. The summed E-state index contributed by atoms with van der Waals surface area (Å²) in [5.74, 6) is 0.982. The van der Waals surface area contributed by atoms with E-state index in [4.69, 9.17) is 10.5 Å². The van der Waals surface area contributed by atoms with Gasteiger partial charge in [0.15, 0.2) is 0 Å². The van der Waals surface area contributed by atoms with Crippen molar-refractivity contribution in [2.45, 2.75) is 57.1 Å². The zero-order chi connectivity index (χ0) is 9.10. The second-order valence-electron chi connectivity index (χ2n) is 4.65. The monoisotopic (exact) mass is 183 g/mol. The first-order valence-corrected chi connectivity index (χ1v) is 5.72. The normalized spacial score (nSPS) is 34.8. The van der Waals surface area contributed by atoms with Crippen molar-refractivity contribution < 1.29 is 4.74 Å². The Bertz CT molecular complexity index is 156. The fourth-order valence-corrected chi connectivity index (χ4v) is 2.31. The van der Waals surface area contributed by atoms with E-state index >= 15 is 0 Å². The van der Waals surface area contributed by atoms with E-state index in [1.54, 1.807) is 0 Å². The molecule has 0 saturated heterocycles. The van der Waals surface area contributed by atoms with Crippen LogP contribution in [0.3, 0.4) is 0 Å². The van der Waals surface area contributed by atoms with Crippen LogP contribution in [0.25, 0.3) is 0 Å². The molecule has 0 aromatic heterocycles. The number of ether oxygens (including phenoxy) is 1. The molecule has 0 aliphatic heterocycles. The van der Waals surface area contributed by atoms with Gasteiger partial charge in [-0.15, -0.1) is 0 Å². The van der Waals surface area contributed by atoms with Crippen LogP contribution in [0.5, 0.6) is 0 Å². The molecule has 2 aliphatic carbocycles. The molecule has 13 heavy (non-hydrogen) atoms. The van der Waals surface area contributed by atoms with Gasteiger partial charge in [-0.05, 0) is 31.6 Å². The molecule has 0 aromatic rings. The lowest BCUT2D eigenvalue weighted by Crippen LogP contribution is -2.19. The number of hydrogen-bond donors (Lipinski definition) is 1. The highest BCUT2D eigenvalue weighted by molar-refractivity contribution is 4.78.